The maximum absolute atomic E-state index is 13.5. The molecule has 0 unspecified atom stereocenters. The molecule has 1 aliphatic carbocycles. The minimum absolute atomic E-state index is 0. The van der Waals surface area contributed by atoms with Gasteiger partial charge < -0.3 is 29.9 Å². The summed E-state index contributed by atoms with van der Waals surface area (Å²) in [7, 11) is 0. The third-order valence-corrected chi connectivity index (χ3v) is 16.8. The highest BCUT2D eigenvalue weighted by Crippen LogP contribution is 2.51. The van der Waals surface area contributed by atoms with E-state index in [9.17, 15) is 19.8 Å². The first-order chi connectivity index (χ1) is 31.2. The van der Waals surface area contributed by atoms with Crippen LogP contribution in [-0.2, 0) is 11.2 Å². The van der Waals surface area contributed by atoms with E-state index in [-0.39, 0.29) is 31.3 Å². The number of H-pyrrole nitrogens is 1. The highest BCUT2D eigenvalue weighted by Gasteiger charge is 2.48. The fraction of sp³-hybridized carbons (Fsp3) is 0.462. The van der Waals surface area contributed by atoms with Crippen LogP contribution in [0.15, 0.2) is 85.1 Å². The SMILES string of the molecule is C.Cc1c[nH]c2ccc(C(=O)N3CCN4C[C@](O)(c5ccc(Cl)cc5)CC[C@@H]4C3)c(Cl)c12.O=C(c1cccc(N2CC3(CCC3)C2)c1Cl)N1CCN2C[C@](O)(c3ccc(Cl)cc3)CC[C@@H]2C1. The Hall–Kier alpha value is -3.84. The monoisotopic (exact) mass is 972 g/mol. The molecule has 1 saturated carbocycles. The first-order valence-corrected chi connectivity index (χ1v) is 24.6. The number of nitrogens with zero attached hydrogens (tertiary/aromatic N) is 5. The number of piperidine rings is 2. The number of hydrogen-bond acceptors (Lipinski definition) is 7. The Morgan fingerprint density at radius 3 is 1.65 bits per heavy atom. The molecule has 4 aromatic carbocycles. The Bertz CT molecular complexity index is 2600. The Kier molecular flexibility index (Phi) is 13.3. The number of piperazine rings is 2. The zero-order valence-corrected chi connectivity index (χ0v) is 39.7. The molecule has 4 atom stereocenters. The maximum atomic E-state index is 13.5. The van der Waals surface area contributed by atoms with Crippen LogP contribution in [0.1, 0.15) is 89.8 Å². The zero-order valence-electron chi connectivity index (χ0n) is 36.7. The molecule has 1 spiro atoms. The quantitative estimate of drug-likeness (QED) is 0.161. The molecule has 6 heterocycles. The molecule has 5 aliphatic heterocycles. The molecular weight excluding hydrogens is 914 g/mol. The van der Waals surface area contributed by atoms with Gasteiger partial charge in [0.2, 0.25) is 0 Å². The van der Waals surface area contributed by atoms with Gasteiger partial charge >= 0.3 is 0 Å². The Balaban J connectivity index is 0.000000164. The van der Waals surface area contributed by atoms with Gasteiger partial charge in [-0.2, -0.15) is 0 Å². The number of aliphatic hydroxyl groups is 2. The summed E-state index contributed by atoms with van der Waals surface area (Å²) < 4.78 is 0. The number of aryl methyl sites for hydroxylation is 1. The van der Waals surface area contributed by atoms with Gasteiger partial charge in [-0.3, -0.25) is 19.4 Å². The van der Waals surface area contributed by atoms with Crippen LogP contribution in [0, 0.1) is 12.3 Å². The van der Waals surface area contributed by atoms with Crippen molar-refractivity contribution < 1.29 is 19.8 Å². The third kappa shape index (κ3) is 8.86. The number of benzene rings is 4. The lowest BCUT2D eigenvalue weighted by Gasteiger charge is -2.57. The second-order valence-corrected chi connectivity index (χ2v) is 21.2. The van der Waals surface area contributed by atoms with E-state index in [1.54, 1.807) is 0 Å². The molecule has 11 rings (SSSR count). The van der Waals surface area contributed by atoms with Gasteiger partial charge in [-0.05, 0) is 111 Å². The molecule has 2 amide bonds. The Labute approximate surface area is 408 Å². The van der Waals surface area contributed by atoms with Crippen molar-refractivity contribution in [3.63, 3.8) is 0 Å². The van der Waals surface area contributed by atoms with Crippen molar-refractivity contribution in [3.8, 4) is 0 Å². The van der Waals surface area contributed by atoms with Gasteiger partial charge in [0.15, 0.2) is 0 Å². The molecule has 14 heteroatoms. The van der Waals surface area contributed by atoms with Crippen molar-refractivity contribution in [2.75, 3.05) is 70.3 Å². The average molecular weight is 975 g/mol. The summed E-state index contributed by atoms with van der Waals surface area (Å²) >= 11 is 25.5. The maximum Gasteiger partial charge on any atom is 0.255 e. The topological polar surface area (TPSA) is 107 Å². The number of hydrogen-bond donors (Lipinski definition) is 3. The van der Waals surface area contributed by atoms with E-state index in [1.165, 1.54) is 19.3 Å². The van der Waals surface area contributed by atoms with Crippen LogP contribution in [0.25, 0.3) is 10.9 Å². The fourth-order valence-corrected chi connectivity index (χ4v) is 12.4. The van der Waals surface area contributed by atoms with Gasteiger partial charge in [0.1, 0.15) is 11.2 Å². The Morgan fingerprint density at radius 2 is 1.15 bits per heavy atom. The highest BCUT2D eigenvalue weighted by molar-refractivity contribution is 6.39. The number of anilines is 1. The van der Waals surface area contributed by atoms with Crippen LogP contribution in [0.5, 0.6) is 0 Å². The number of aromatic nitrogens is 1. The summed E-state index contributed by atoms with van der Waals surface area (Å²) in [5.74, 6) is -0.00500. The third-order valence-electron chi connectivity index (χ3n) is 15.5. The molecule has 0 bridgehead atoms. The Morgan fingerprint density at radius 1 is 0.636 bits per heavy atom. The van der Waals surface area contributed by atoms with Gasteiger partial charge in [-0.15, -0.1) is 0 Å². The smallest absolute Gasteiger partial charge is 0.255 e. The van der Waals surface area contributed by atoms with Crippen molar-refractivity contribution in [2.45, 2.75) is 82.6 Å². The van der Waals surface area contributed by atoms with E-state index >= 15 is 0 Å². The molecule has 6 aliphatic rings. The number of rotatable bonds is 5. The average Bonchev–Trinajstić information content (AvgIpc) is 3.66. The molecule has 5 aromatic rings. The number of halogens is 4. The second kappa shape index (κ2) is 18.6. The van der Waals surface area contributed by atoms with Crippen LogP contribution in [0.2, 0.25) is 20.1 Å². The van der Waals surface area contributed by atoms with Crippen LogP contribution in [-0.4, -0.2) is 124 Å². The van der Waals surface area contributed by atoms with E-state index in [4.69, 9.17) is 46.4 Å². The van der Waals surface area contributed by atoms with Crippen molar-refractivity contribution in [1.82, 2.24) is 24.6 Å². The molecule has 0 radical (unpaired) electrons. The molecule has 66 heavy (non-hydrogen) atoms. The minimum atomic E-state index is -0.882. The summed E-state index contributed by atoms with van der Waals surface area (Å²) in [6.45, 7) is 9.30. The van der Waals surface area contributed by atoms with Gasteiger partial charge in [0, 0.05) is 110 Å². The van der Waals surface area contributed by atoms with Crippen LogP contribution < -0.4 is 4.90 Å². The molecule has 3 N–H and O–H groups in total. The number of carbonyl (C=O) groups excluding carboxylic acids is 2. The first kappa shape index (κ1) is 47.2. The lowest BCUT2D eigenvalue weighted by atomic mass is 9.63. The molecule has 350 valence electrons. The predicted molar refractivity (Wildman–Crippen MR) is 266 cm³/mol. The second-order valence-electron chi connectivity index (χ2n) is 19.6. The highest BCUT2D eigenvalue weighted by atomic mass is 35.5. The van der Waals surface area contributed by atoms with Gasteiger partial charge in [0.05, 0.1) is 26.9 Å². The summed E-state index contributed by atoms with van der Waals surface area (Å²) in [6, 6.07) is 25.1. The normalized spacial score (nSPS) is 26.0. The van der Waals surface area contributed by atoms with Crippen LogP contribution in [0.4, 0.5) is 5.69 Å². The minimum Gasteiger partial charge on any atom is -0.384 e. The molecule has 5 saturated heterocycles. The van der Waals surface area contributed by atoms with Crippen LogP contribution in [0.3, 0.4) is 0 Å². The number of carbonyl (C=O) groups is 2. The molecule has 6 fully saturated rings. The van der Waals surface area contributed by atoms with Crippen molar-refractivity contribution >= 4 is 74.8 Å². The van der Waals surface area contributed by atoms with Gasteiger partial charge in [0.25, 0.3) is 11.8 Å². The summed E-state index contributed by atoms with van der Waals surface area (Å²) in [6.07, 6.45) is 8.88. The standard InChI is InChI=1S/C27H31Cl2N3O2.C24H25Cl2N3O2.CH4/c28-20-7-5-19(6-8-20)27(34)12-9-21-15-30(13-14-31(21)18-27)25(33)22-3-1-4-23(24(22)29)32-16-26(17-32)10-2-11-26;1-15-12-27-20-7-6-19(22(26)21(15)20)23(30)28-10-11-29-14-24(31,9-8-18(29)13-28)16-2-4-17(25)5-3-16;/h1,3-8,21,34H,2,9-18H2;2-7,12,18,27,31H,8-11,13-14H2,1H3;1H4/t21-,27+;18-,24+;/m11./s1. The lowest BCUT2D eigenvalue weighted by Crippen LogP contribution is -2.61. The van der Waals surface area contributed by atoms with E-state index in [1.807, 2.05) is 102 Å². The van der Waals surface area contributed by atoms with Crippen molar-refractivity contribution in [3.05, 3.63) is 133 Å². The zero-order chi connectivity index (χ0) is 45.3. The van der Waals surface area contributed by atoms with Gasteiger partial charge in [-0.1, -0.05) is 90.6 Å². The van der Waals surface area contributed by atoms with E-state index in [2.05, 4.69) is 19.7 Å². The van der Waals surface area contributed by atoms with E-state index in [0.717, 1.165) is 72.3 Å². The van der Waals surface area contributed by atoms with Crippen molar-refractivity contribution in [1.29, 1.82) is 0 Å². The first-order valence-electron chi connectivity index (χ1n) is 23.0. The van der Waals surface area contributed by atoms with E-state index in [0.29, 0.717) is 88.7 Å². The summed E-state index contributed by atoms with van der Waals surface area (Å²) in [5.41, 5.74) is 4.69. The largest absolute Gasteiger partial charge is 0.384 e. The lowest BCUT2D eigenvalue weighted by molar-refractivity contribution is -0.0742. The number of aromatic amines is 1. The molecular formula is C52H60Cl4N6O4. The summed E-state index contributed by atoms with van der Waals surface area (Å²) in [5, 5.41) is 26.0. The predicted octanol–water partition coefficient (Wildman–Crippen LogP) is 10.0. The fourth-order valence-electron chi connectivity index (χ4n) is 11.5. The molecule has 10 nitrogen and oxygen atoms in total. The van der Waals surface area contributed by atoms with Crippen LogP contribution >= 0.6 is 46.4 Å². The molecule has 1 aromatic heterocycles. The summed E-state index contributed by atoms with van der Waals surface area (Å²) in [4.78, 5) is 40.8. The number of fused-ring (bicyclic) bond motifs is 3. The van der Waals surface area contributed by atoms with Crippen molar-refractivity contribution in [2.24, 2.45) is 5.41 Å². The van der Waals surface area contributed by atoms with Gasteiger partial charge in [-0.25, -0.2) is 0 Å². The van der Waals surface area contributed by atoms with E-state index < -0.39 is 11.2 Å². The number of amides is 2. The number of nitrogens with one attached hydrogen (secondary N) is 1.